The summed E-state index contributed by atoms with van der Waals surface area (Å²) in [4.78, 5) is 2.31. The SMILES string of the molecule is CC(C)C[C@@H]1[C@@H]2CN(Cc3ccccc3)CC=C2[C@@H](C#N)C(=N)C1(C#N)C#N. The van der Waals surface area contributed by atoms with E-state index < -0.39 is 11.3 Å². The number of nitrogens with zero attached hydrogens (tertiary/aromatic N) is 4. The van der Waals surface area contributed by atoms with E-state index in [1.54, 1.807) is 0 Å². The van der Waals surface area contributed by atoms with Gasteiger partial charge in [0.25, 0.3) is 0 Å². The lowest BCUT2D eigenvalue weighted by molar-refractivity contribution is 0.145. The standard InChI is InChI=1S/C23H25N5/c1-16(2)10-21-20-13-28(12-17-6-4-3-5-7-17)9-8-18(20)19(11-24)22(27)23(21,14-25)15-26/h3-8,16,19-21,27H,9-10,12-13H2,1-2H3/t19-,20-,21-/m1/s1. The molecule has 1 aromatic carbocycles. The molecule has 0 amide bonds. The largest absolute Gasteiger partial charge is 0.305 e. The minimum Gasteiger partial charge on any atom is -0.305 e. The summed E-state index contributed by atoms with van der Waals surface area (Å²) in [6.07, 6.45) is 2.74. The Kier molecular flexibility index (Phi) is 5.64. The second-order valence-corrected chi connectivity index (χ2v) is 8.23. The van der Waals surface area contributed by atoms with Crippen LogP contribution in [0, 0.1) is 68.5 Å². The third kappa shape index (κ3) is 3.33. The Morgan fingerprint density at radius 2 is 1.86 bits per heavy atom. The van der Waals surface area contributed by atoms with Crippen LogP contribution in [0.2, 0.25) is 0 Å². The van der Waals surface area contributed by atoms with Crippen LogP contribution in [-0.2, 0) is 6.54 Å². The Labute approximate surface area is 167 Å². The molecule has 0 saturated heterocycles. The van der Waals surface area contributed by atoms with Crippen molar-refractivity contribution in [2.24, 2.45) is 29.1 Å². The molecule has 0 unspecified atom stereocenters. The molecule has 28 heavy (non-hydrogen) atoms. The van der Waals surface area contributed by atoms with Gasteiger partial charge in [-0.15, -0.1) is 0 Å². The highest BCUT2D eigenvalue weighted by atomic mass is 15.1. The first-order chi connectivity index (χ1) is 13.5. The number of nitrogens with one attached hydrogen (secondary N) is 1. The maximum absolute atomic E-state index is 9.94. The highest BCUT2D eigenvalue weighted by Gasteiger charge is 2.56. The smallest absolute Gasteiger partial charge is 0.185 e. The number of nitriles is 3. The summed E-state index contributed by atoms with van der Waals surface area (Å²) in [5.41, 5.74) is 0.586. The monoisotopic (exact) mass is 371 g/mol. The Morgan fingerprint density at radius 3 is 2.43 bits per heavy atom. The van der Waals surface area contributed by atoms with Crippen LogP contribution in [0.5, 0.6) is 0 Å². The van der Waals surface area contributed by atoms with Gasteiger partial charge in [0, 0.05) is 31.5 Å². The predicted molar refractivity (Wildman–Crippen MR) is 107 cm³/mol. The lowest BCUT2D eigenvalue weighted by Crippen LogP contribution is -2.54. The molecule has 1 aromatic rings. The van der Waals surface area contributed by atoms with Gasteiger partial charge in [0.1, 0.15) is 5.92 Å². The summed E-state index contributed by atoms with van der Waals surface area (Å²) >= 11 is 0. The third-order valence-corrected chi connectivity index (χ3v) is 6.01. The first-order valence-corrected chi connectivity index (χ1v) is 9.74. The van der Waals surface area contributed by atoms with Crippen LogP contribution < -0.4 is 0 Å². The van der Waals surface area contributed by atoms with Crippen molar-refractivity contribution in [2.75, 3.05) is 13.1 Å². The Hall–Kier alpha value is -2.94. The second-order valence-electron chi connectivity index (χ2n) is 8.23. The molecule has 0 radical (unpaired) electrons. The van der Waals surface area contributed by atoms with Crippen molar-refractivity contribution in [2.45, 2.75) is 26.8 Å². The van der Waals surface area contributed by atoms with Gasteiger partial charge in [-0.25, -0.2) is 0 Å². The van der Waals surface area contributed by atoms with Gasteiger partial charge in [-0.05, 0) is 23.5 Å². The van der Waals surface area contributed by atoms with E-state index in [0.29, 0.717) is 25.4 Å². The van der Waals surface area contributed by atoms with Crippen LogP contribution in [0.3, 0.4) is 0 Å². The molecule has 1 saturated carbocycles. The quantitative estimate of drug-likeness (QED) is 0.811. The molecule has 5 heteroatoms. The number of fused-ring (bicyclic) bond motifs is 1. The van der Waals surface area contributed by atoms with Gasteiger partial charge in [0.05, 0.1) is 23.9 Å². The third-order valence-electron chi connectivity index (χ3n) is 6.01. The molecule has 1 heterocycles. The van der Waals surface area contributed by atoms with Crippen LogP contribution in [0.4, 0.5) is 0 Å². The topological polar surface area (TPSA) is 98.5 Å². The maximum atomic E-state index is 9.94. The van der Waals surface area contributed by atoms with E-state index in [9.17, 15) is 15.8 Å². The molecule has 1 aliphatic heterocycles. The fourth-order valence-corrected chi connectivity index (χ4v) is 4.70. The Bertz CT molecular complexity index is 880. The van der Waals surface area contributed by atoms with Crippen molar-refractivity contribution in [1.82, 2.24) is 4.90 Å². The summed E-state index contributed by atoms with van der Waals surface area (Å²) in [5, 5.41) is 38.2. The molecular weight excluding hydrogens is 346 g/mol. The summed E-state index contributed by atoms with van der Waals surface area (Å²) in [7, 11) is 0. The van der Waals surface area contributed by atoms with Crippen LogP contribution >= 0.6 is 0 Å². The van der Waals surface area contributed by atoms with Gasteiger partial charge >= 0.3 is 0 Å². The highest BCUT2D eigenvalue weighted by molar-refractivity contribution is 6.00. The van der Waals surface area contributed by atoms with Gasteiger partial charge < -0.3 is 5.41 Å². The van der Waals surface area contributed by atoms with E-state index in [0.717, 1.165) is 12.1 Å². The fraction of sp³-hybridized carbons (Fsp3) is 0.478. The van der Waals surface area contributed by atoms with Gasteiger partial charge in [-0.1, -0.05) is 50.3 Å². The number of rotatable bonds is 4. The average Bonchev–Trinajstić information content (AvgIpc) is 2.70. The number of hydrogen-bond donors (Lipinski definition) is 1. The first kappa shape index (κ1) is 19.8. The molecule has 1 aliphatic carbocycles. The number of hydrogen-bond acceptors (Lipinski definition) is 5. The van der Waals surface area contributed by atoms with Crippen molar-refractivity contribution in [3.8, 4) is 18.2 Å². The van der Waals surface area contributed by atoms with Crippen molar-refractivity contribution in [3.05, 3.63) is 47.5 Å². The van der Waals surface area contributed by atoms with E-state index in [4.69, 9.17) is 5.41 Å². The summed E-state index contributed by atoms with van der Waals surface area (Å²) in [5.74, 6) is -0.808. The van der Waals surface area contributed by atoms with Gasteiger partial charge in [-0.3, -0.25) is 4.90 Å². The Morgan fingerprint density at radius 1 is 1.18 bits per heavy atom. The molecule has 3 rings (SSSR count). The second kappa shape index (κ2) is 7.97. The van der Waals surface area contributed by atoms with Crippen molar-refractivity contribution in [1.29, 1.82) is 21.2 Å². The normalized spacial score (nSPS) is 26.5. The van der Waals surface area contributed by atoms with E-state index in [1.807, 2.05) is 18.2 Å². The summed E-state index contributed by atoms with van der Waals surface area (Å²) in [6.45, 7) is 6.36. The summed E-state index contributed by atoms with van der Waals surface area (Å²) < 4.78 is 0. The lowest BCUT2D eigenvalue weighted by atomic mass is 9.54. The van der Waals surface area contributed by atoms with E-state index in [1.165, 1.54) is 5.56 Å². The van der Waals surface area contributed by atoms with Gasteiger partial charge in [0.2, 0.25) is 0 Å². The van der Waals surface area contributed by atoms with Crippen molar-refractivity contribution in [3.63, 3.8) is 0 Å². The minimum absolute atomic E-state index is 0.0374. The fourth-order valence-electron chi connectivity index (χ4n) is 4.70. The molecular formula is C23H25N5. The van der Waals surface area contributed by atoms with Gasteiger partial charge in [-0.2, -0.15) is 15.8 Å². The molecule has 5 nitrogen and oxygen atoms in total. The van der Waals surface area contributed by atoms with Crippen LogP contribution in [0.25, 0.3) is 0 Å². The molecule has 1 N–H and O–H groups in total. The van der Waals surface area contributed by atoms with E-state index >= 15 is 0 Å². The van der Waals surface area contributed by atoms with Crippen LogP contribution in [0.15, 0.2) is 42.0 Å². The summed E-state index contributed by atoms with van der Waals surface area (Å²) in [6, 6.07) is 16.7. The molecule has 1 fully saturated rings. The zero-order valence-electron chi connectivity index (χ0n) is 16.4. The molecule has 142 valence electrons. The molecule has 0 aromatic heterocycles. The number of benzene rings is 1. The molecule has 2 aliphatic rings. The molecule has 3 atom stereocenters. The first-order valence-electron chi connectivity index (χ1n) is 9.74. The zero-order valence-corrected chi connectivity index (χ0v) is 16.4. The van der Waals surface area contributed by atoms with Crippen molar-refractivity contribution >= 4 is 5.71 Å². The van der Waals surface area contributed by atoms with Crippen LogP contribution in [-0.4, -0.2) is 23.7 Å². The zero-order chi connectivity index (χ0) is 20.3. The Balaban J connectivity index is 2.00. The van der Waals surface area contributed by atoms with Gasteiger partial charge in [0.15, 0.2) is 5.41 Å². The van der Waals surface area contributed by atoms with Crippen molar-refractivity contribution < 1.29 is 0 Å². The lowest BCUT2D eigenvalue weighted by Gasteiger charge is -2.48. The average molecular weight is 371 g/mol. The minimum atomic E-state index is -1.53. The van der Waals surface area contributed by atoms with E-state index in [2.05, 4.69) is 55.2 Å². The molecule has 0 bridgehead atoms. The predicted octanol–water partition coefficient (Wildman–Crippen LogP) is 3.91. The van der Waals surface area contributed by atoms with Crippen LogP contribution in [0.1, 0.15) is 25.8 Å². The maximum Gasteiger partial charge on any atom is 0.185 e. The highest BCUT2D eigenvalue weighted by Crippen LogP contribution is 2.50. The van der Waals surface area contributed by atoms with E-state index in [-0.39, 0.29) is 17.5 Å². The molecule has 0 spiro atoms.